The summed E-state index contributed by atoms with van der Waals surface area (Å²) >= 11 is 3.48. The van der Waals surface area contributed by atoms with Gasteiger partial charge in [0.2, 0.25) is 5.91 Å². The van der Waals surface area contributed by atoms with Gasteiger partial charge in [-0.05, 0) is 24.7 Å². The Hall–Kier alpha value is -2.72. The van der Waals surface area contributed by atoms with Gasteiger partial charge in [0.25, 0.3) is 5.56 Å². The zero-order valence-corrected chi connectivity index (χ0v) is 19.4. The van der Waals surface area contributed by atoms with E-state index in [1.807, 2.05) is 36.2 Å². The van der Waals surface area contributed by atoms with E-state index < -0.39 is 11.2 Å². The zero-order chi connectivity index (χ0) is 22.3. The smallest absolute Gasteiger partial charge is 0.332 e. The summed E-state index contributed by atoms with van der Waals surface area (Å²) in [4.78, 5) is 47.0. The molecule has 1 aliphatic rings. The van der Waals surface area contributed by atoms with Crippen molar-refractivity contribution in [2.75, 3.05) is 33.2 Å². The summed E-state index contributed by atoms with van der Waals surface area (Å²) in [6.07, 6.45) is 0.0732. The molecule has 0 atom stereocenters. The van der Waals surface area contributed by atoms with E-state index in [0.29, 0.717) is 36.6 Å². The normalized spacial score (nSPS) is 15.0. The molecule has 0 N–H and O–H groups in total. The van der Waals surface area contributed by atoms with Gasteiger partial charge in [-0.1, -0.05) is 28.1 Å². The Morgan fingerprint density at radius 1 is 1.06 bits per heavy atom. The van der Waals surface area contributed by atoms with Crippen LogP contribution < -0.4 is 11.2 Å². The summed E-state index contributed by atoms with van der Waals surface area (Å²) < 4.78 is 5.13. The number of nitrogens with zero attached hydrogens (tertiary/aromatic N) is 6. The predicted molar refractivity (Wildman–Crippen MR) is 121 cm³/mol. The minimum Gasteiger partial charge on any atom is -0.340 e. The first-order valence-corrected chi connectivity index (χ1v) is 10.9. The number of likely N-dealkylation sites (N-methyl/N-ethyl adjacent to an activating group) is 1. The molecule has 1 amide bonds. The maximum Gasteiger partial charge on any atom is 0.332 e. The van der Waals surface area contributed by atoms with Gasteiger partial charge in [-0.2, -0.15) is 0 Å². The number of piperazine rings is 1. The lowest BCUT2D eigenvalue weighted by Gasteiger charge is -2.32. The molecule has 0 aliphatic carbocycles. The van der Waals surface area contributed by atoms with Gasteiger partial charge >= 0.3 is 5.69 Å². The average molecular weight is 489 g/mol. The highest BCUT2D eigenvalue weighted by Gasteiger charge is 2.24. The lowest BCUT2D eigenvalue weighted by molar-refractivity contribution is -0.132. The van der Waals surface area contributed by atoms with Crippen molar-refractivity contribution in [1.29, 1.82) is 0 Å². The Labute approximate surface area is 187 Å². The van der Waals surface area contributed by atoms with E-state index in [4.69, 9.17) is 0 Å². The highest BCUT2D eigenvalue weighted by atomic mass is 79.9. The summed E-state index contributed by atoms with van der Waals surface area (Å²) in [6, 6.07) is 7.76. The fourth-order valence-corrected chi connectivity index (χ4v) is 4.36. The van der Waals surface area contributed by atoms with Crippen LogP contribution in [0.3, 0.4) is 0 Å². The molecule has 4 rings (SSSR count). The van der Waals surface area contributed by atoms with Crippen LogP contribution in [-0.2, 0) is 31.9 Å². The molecule has 0 spiro atoms. The van der Waals surface area contributed by atoms with Crippen LogP contribution in [0.15, 0.2) is 38.3 Å². The van der Waals surface area contributed by atoms with Crippen molar-refractivity contribution in [3.05, 3.63) is 61.0 Å². The molecular weight excluding hydrogens is 464 g/mol. The maximum atomic E-state index is 13.0. The number of carbonyl (C=O) groups excluding carboxylic acids is 1. The molecular formula is C21H25BrN6O3. The fourth-order valence-electron chi connectivity index (χ4n) is 3.92. The first kappa shape index (κ1) is 21.5. The summed E-state index contributed by atoms with van der Waals surface area (Å²) in [5.41, 5.74) is 0.716. The lowest BCUT2D eigenvalue weighted by Crippen LogP contribution is -2.47. The molecule has 0 bridgehead atoms. The Morgan fingerprint density at radius 2 is 1.77 bits per heavy atom. The largest absolute Gasteiger partial charge is 0.340 e. The van der Waals surface area contributed by atoms with Crippen molar-refractivity contribution < 1.29 is 4.79 Å². The van der Waals surface area contributed by atoms with Crippen molar-refractivity contribution in [1.82, 2.24) is 28.5 Å². The Morgan fingerprint density at radius 3 is 2.45 bits per heavy atom. The number of rotatable bonds is 4. The van der Waals surface area contributed by atoms with Gasteiger partial charge in [-0.15, -0.1) is 0 Å². The number of fused-ring (bicyclic) bond motifs is 1. The molecule has 164 valence electrons. The average Bonchev–Trinajstić information content (AvgIpc) is 3.09. The van der Waals surface area contributed by atoms with E-state index in [1.54, 1.807) is 11.6 Å². The molecule has 3 heterocycles. The topological polar surface area (TPSA) is 85.4 Å². The van der Waals surface area contributed by atoms with Crippen LogP contribution in [0.1, 0.15) is 11.4 Å². The molecule has 9 nitrogen and oxygen atoms in total. The van der Waals surface area contributed by atoms with E-state index in [0.717, 1.165) is 27.7 Å². The highest BCUT2D eigenvalue weighted by Crippen LogP contribution is 2.18. The van der Waals surface area contributed by atoms with E-state index in [9.17, 15) is 14.4 Å². The highest BCUT2D eigenvalue weighted by molar-refractivity contribution is 9.10. The van der Waals surface area contributed by atoms with Gasteiger partial charge in [0.1, 0.15) is 5.82 Å². The van der Waals surface area contributed by atoms with Crippen LogP contribution in [-0.4, -0.2) is 67.6 Å². The molecule has 1 saturated heterocycles. The Kier molecular flexibility index (Phi) is 5.85. The van der Waals surface area contributed by atoms with E-state index >= 15 is 0 Å². The summed E-state index contributed by atoms with van der Waals surface area (Å²) in [7, 11) is 5.08. The van der Waals surface area contributed by atoms with Gasteiger partial charge in [0.05, 0.1) is 6.42 Å². The zero-order valence-electron chi connectivity index (χ0n) is 17.8. The van der Waals surface area contributed by atoms with Gasteiger partial charge in [0, 0.05) is 51.3 Å². The fraction of sp³-hybridized carbons (Fsp3) is 0.429. The van der Waals surface area contributed by atoms with E-state index in [-0.39, 0.29) is 12.3 Å². The number of hydrogen-bond donors (Lipinski definition) is 0. The van der Waals surface area contributed by atoms with Crippen LogP contribution in [0, 0.1) is 0 Å². The summed E-state index contributed by atoms with van der Waals surface area (Å²) in [5, 5.41) is 0. The number of hydrogen-bond acceptors (Lipinski definition) is 5. The SMILES string of the molecule is CN1CCN(C(=O)Cc2nc3c(c(=O)n(C)c(=O)n3C)n2Cc2cccc(Br)c2)CC1. The molecule has 1 aromatic carbocycles. The molecule has 2 aromatic heterocycles. The summed E-state index contributed by atoms with van der Waals surface area (Å²) in [6.45, 7) is 3.36. The third-order valence-corrected chi connectivity index (χ3v) is 6.32. The van der Waals surface area contributed by atoms with Crippen molar-refractivity contribution in [3.8, 4) is 0 Å². The maximum absolute atomic E-state index is 13.0. The van der Waals surface area contributed by atoms with E-state index in [1.165, 1.54) is 11.6 Å². The number of halogens is 1. The van der Waals surface area contributed by atoms with Crippen molar-refractivity contribution >= 4 is 33.0 Å². The Bertz CT molecular complexity index is 1270. The molecule has 0 radical (unpaired) electrons. The van der Waals surface area contributed by atoms with E-state index in [2.05, 4.69) is 25.8 Å². The first-order valence-electron chi connectivity index (χ1n) is 10.1. The summed E-state index contributed by atoms with van der Waals surface area (Å²) in [5.74, 6) is 0.456. The molecule has 3 aromatic rings. The quantitative estimate of drug-likeness (QED) is 0.535. The standard InChI is InChI=1S/C21H25BrN6O3/c1-24-7-9-27(10-8-24)17(29)12-16-23-19-18(20(30)26(3)21(31)25(19)2)28(16)13-14-5-4-6-15(22)11-14/h4-6,11H,7-10,12-13H2,1-3H3. The number of imidazole rings is 1. The number of benzene rings is 1. The lowest BCUT2D eigenvalue weighted by atomic mass is 10.2. The number of carbonyl (C=O) groups is 1. The number of aromatic nitrogens is 4. The Balaban J connectivity index is 1.80. The van der Waals surface area contributed by atoms with Crippen LogP contribution in [0.2, 0.25) is 0 Å². The first-order chi connectivity index (χ1) is 14.8. The third kappa shape index (κ3) is 4.09. The monoisotopic (exact) mass is 488 g/mol. The van der Waals surface area contributed by atoms with Crippen molar-refractivity contribution in [3.63, 3.8) is 0 Å². The van der Waals surface area contributed by atoms with Crippen LogP contribution in [0.4, 0.5) is 0 Å². The van der Waals surface area contributed by atoms with Crippen LogP contribution >= 0.6 is 15.9 Å². The van der Waals surface area contributed by atoms with Gasteiger partial charge in [0.15, 0.2) is 11.2 Å². The van der Waals surface area contributed by atoms with Gasteiger partial charge in [-0.3, -0.25) is 18.7 Å². The third-order valence-electron chi connectivity index (χ3n) is 5.82. The molecule has 10 heteroatoms. The number of aryl methyl sites for hydroxylation is 1. The molecule has 1 aliphatic heterocycles. The van der Waals surface area contributed by atoms with Gasteiger partial charge < -0.3 is 14.4 Å². The molecule has 31 heavy (non-hydrogen) atoms. The predicted octanol–water partition coefficient (Wildman–Crippen LogP) is 0.561. The molecule has 0 saturated carbocycles. The number of amides is 1. The molecule has 1 fully saturated rings. The van der Waals surface area contributed by atoms with Crippen LogP contribution in [0.5, 0.6) is 0 Å². The van der Waals surface area contributed by atoms with Gasteiger partial charge in [-0.25, -0.2) is 9.78 Å². The second-order valence-electron chi connectivity index (χ2n) is 7.98. The van der Waals surface area contributed by atoms with Crippen molar-refractivity contribution in [2.45, 2.75) is 13.0 Å². The van der Waals surface area contributed by atoms with Crippen LogP contribution in [0.25, 0.3) is 11.2 Å². The molecule has 0 unspecified atom stereocenters. The minimum absolute atomic E-state index is 0.0271. The minimum atomic E-state index is -0.443. The second kappa shape index (κ2) is 8.43. The van der Waals surface area contributed by atoms with Crippen molar-refractivity contribution in [2.24, 2.45) is 14.1 Å². The second-order valence-corrected chi connectivity index (χ2v) is 8.90.